The second-order valence-electron chi connectivity index (χ2n) is 6.33. The summed E-state index contributed by atoms with van der Waals surface area (Å²) < 4.78 is 8.21. The highest BCUT2D eigenvalue weighted by molar-refractivity contribution is 8.13. The van der Waals surface area contributed by atoms with Crippen molar-refractivity contribution >= 4 is 16.9 Å². The van der Waals surface area contributed by atoms with E-state index in [9.17, 15) is 0 Å². The molecule has 1 heterocycles. The molecule has 0 fully saturated rings. The maximum Gasteiger partial charge on any atom is 0.196 e. The SMILES string of the molecule is CCCc1nccn1Cc1cccc(OCCCS/C(=N/N)N(C)N)c1C. The minimum atomic E-state index is 0.608. The van der Waals surface area contributed by atoms with Gasteiger partial charge in [0.05, 0.1) is 6.61 Å². The van der Waals surface area contributed by atoms with E-state index in [4.69, 9.17) is 16.4 Å². The lowest BCUT2D eigenvalue weighted by Gasteiger charge is -2.15. The molecule has 0 saturated heterocycles. The third-order valence-corrected chi connectivity index (χ3v) is 5.35. The first-order chi connectivity index (χ1) is 13.1. The van der Waals surface area contributed by atoms with Crippen LogP contribution in [0.1, 0.15) is 36.7 Å². The number of nitrogens with zero attached hydrogens (tertiary/aromatic N) is 4. The third-order valence-electron chi connectivity index (χ3n) is 4.20. The van der Waals surface area contributed by atoms with Gasteiger partial charge in [0, 0.05) is 38.2 Å². The van der Waals surface area contributed by atoms with Gasteiger partial charge in [-0.3, -0.25) is 5.01 Å². The number of hydrogen-bond acceptors (Lipinski definition) is 6. The average molecular weight is 391 g/mol. The zero-order valence-corrected chi connectivity index (χ0v) is 17.2. The Morgan fingerprint density at radius 1 is 1.41 bits per heavy atom. The van der Waals surface area contributed by atoms with Gasteiger partial charge in [-0.25, -0.2) is 10.8 Å². The molecular formula is C19H30N6OS. The number of amidine groups is 1. The summed E-state index contributed by atoms with van der Waals surface area (Å²) in [4.78, 5) is 4.46. The maximum atomic E-state index is 6.00. The topological polar surface area (TPSA) is 94.7 Å². The van der Waals surface area contributed by atoms with E-state index in [2.05, 4.69) is 34.6 Å². The van der Waals surface area contributed by atoms with Crippen molar-refractivity contribution in [3.8, 4) is 5.75 Å². The van der Waals surface area contributed by atoms with Gasteiger partial charge in [-0.2, -0.15) is 5.10 Å². The van der Waals surface area contributed by atoms with Crippen molar-refractivity contribution < 1.29 is 4.74 Å². The van der Waals surface area contributed by atoms with Crippen LogP contribution in [0.25, 0.3) is 0 Å². The van der Waals surface area contributed by atoms with Gasteiger partial charge in [0.1, 0.15) is 11.6 Å². The number of thioether (sulfide) groups is 1. The standard InChI is InChI=1S/C19H30N6OS/c1-4-7-18-22-10-11-25(18)14-16-8-5-9-17(15(16)2)26-12-6-13-27-19(23-20)24(3)21/h5,8-11H,4,6-7,12-14,20-21H2,1-3H3/b23-19+. The fraction of sp³-hybridized carbons (Fsp3) is 0.474. The van der Waals surface area contributed by atoms with Crippen molar-refractivity contribution in [3.63, 3.8) is 0 Å². The molecule has 7 nitrogen and oxygen atoms in total. The van der Waals surface area contributed by atoms with Crippen LogP contribution in [-0.4, -0.2) is 39.1 Å². The van der Waals surface area contributed by atoms with Crippen LogP contribution in [-0.2, 0) is 13.0 Å². The lowest BCUT2D eigenvalue weighted by molar-refractivity contribution is 0.316. The maximum absolute atomic E-state index is 6.00. The van der Waals surface area contributed by atoms with Crippen LogP contribution in [0.15, 0.2) is 35.7 Å². The smallest absolute Gasteiger partial charge is 0.196 e. The lowest BCUT2D eigenvalue weighted by atomic mass is 10.1. The van der Waals surface area contributed by atoms with E-state index in [0.717, 1.165) is 43.1 Å². The fourth-order valence-electron chi connectivity index (χ4n) is 2.74. The molecule has 1 aromatic carbocycles. The second kappa shape index (κ2) is 10.8. The number of hydrazone groups is 1. The lowest BCUT2D eigenvalue weighted by Crippen LogP contribution is -2.32. The normalized spacial score (nSPS) is 11.6. The number of aryl methyl sites for hydroxylation is 1. The first-order valence-corrected chi connectivity index (χ1v) is 10.2. The molecule has 1 aromatic heterocycles. The molecule has 8 heteroatoms. The molecule has 0 spiro atoms. The minimum Gasteiger partial charge on any atom is -0.493 e. The molecule has 0 aliphatic heterocycles. The van der Waals surface area contributed by atoms with Crippen LogP contribution >= 0.6 is 11.8 Å². The zero-order valence-electron chi connectivity index (χ0n) is 16.4. The number of benzene rings is 1. The zero-order chi connectivity index (χ0) is 19.6. The third kappa shape index (κ3) is 6.18. The second-order valence-corrected chi connectivity index (χ2v) is 7.40. The number of hydrogen-bond donors (Lipinski definition) is 2. The Labute approximate surface area is 165 Å². The van der Waals surface area contributed by atoms with E-state index < -0.39 is 0 Å². The Hall–Kier alpha value is -2.19. The molecule has 0 amide bonds. The number of ether oxygens (including phenoxy) is 1. The summed E-state index contributed by atoms with van der Waals surface area (Å²) in [6, 6.07) is 6.22. The number of aromatic nitrogens is 2. The van der Waals surface area contributed by atoms with Crippen LogP contribution in [0.4, 0.5) is 0 Å². The van der Waals surface area contributed by atoms with Crippen molar-refractivity contribution in [1.29, 1.82) is 0 Å². The van der Waals surface area contributed by atoms with Crippen molar-refractivity contribution in [2.24, 2.45) is 16.8 Å². The largest absolute Gasteiger partial charge is 0.493 e. The fourth-order valence-corrected chi connectivity index (χ4v) is 3.46. The van der Waals surface area contributed by atoms with E-state index in [1.165, 1.54) is 27.9 Å². The first kappa shape index (κ1) is 21.1. The summed E-state index contributed by atoms with van der Waals surface area (Å²) in [6.07, 6.45) is 6.87. The van der Waals surface area contributed by atoms with Crippen molar-refractivity contribution in [1.82, 2.24) is 14.6 Å². The molecule has 0 bridgehead atoms. The summed E-state index contributed by atoms with van der Waals surface area (Å²) in [6.45, 7) is 5.73. The minimum absolute atomic E-state index is 0.608. The van der Waals surface area contributed by atoms with Crippen LogP contribution < -0.4 is 16.4 Å². The highest BCUT2D eigenvalue weighted by Crippen LogP contribution is 2.23. The van der Waals surface area contributed by atoms with E-state index >= 15 is 0 Å². The summed E-state index contributed by atoms with van der Waals surface area (Å²) >= 11 is 1.52. The van der Waals surface area contributed by atoms with Gasteiger partial charge in [-0.1, -0.05) is 30.8 Å². The summed E-state index contributed by atoms with van der Waals surface area (Å²) in [5.41, 5.74) is 2.42. The van der Waals surface area contributed by atoms with Crippen LogP contribution in [0, 0.1) is 6.92 Å². The number of imidazole rings is 1. The van der Waals surface area contributed by atoms with Crippen molar-refractivity contribution in [2.75, 3.05) is 19.4 Å². The Morgan fingerprint density at radius 3 is 2.93 bits per heavy atom. The van der Waals surface area contributed by atoms with E-state index in [0.29, 0.717) is 11.8 Å². The summed E-state index contributed by atoms with van der Waals surface area (Å²) in [5.74, 6) is 13.8. The van der Waals surface area contributed by atoms with Crippen molar-refractivity contribution in [3.05, 3.63) is 47.5 Å². The molecule has 0 aliphatic carbocycles. The van der Waals surface area contributed by atoms with Gasteiger partial charge in [0.2, 0.25) is 0 Å². The van der Waals surface area contributed by atoms with Gasteiger partial charge >= 0.3 is 0 Å². The van der Waals surface area contributed by atoms with Crippen LogP contribution in [0.3, 0.4) is 0 Å². The van der Waals surface area contributed by atoms with Gasteiger partial charge in [-0.15, -0.1) is 0 Å². The quantitative estimate of drug-likeness (QED) is 0.225. The molecule has 0 atom stereocenters. The predicted molar refractivity (Wildman–Crippen MR) is 113 cm³/mol. The Morgan fingerprint density at radius 2 is 2.22 bits per heavy atom. The molecule has 2 rings (SSSR count). The summed E-state index contributed by atoms with van der Waals surface area (Å²) in [5, 5.41) is 5.68. The van der Waals surface area contributed by atoms with Gasteiger partial charge in [0.25, 0.3) is 0 Å². The van der Waals surface area contributed by atoms with Gasteiger partial charge < -0.3 is 15.1 Å². The Kier molecular flexibility index (Phi) is 8.47. The summed E-state index contributed by atoms with van der Waals surface area (Å²) in [7, 11) is 1.72. The highest BCUT2D eigenvalue weighted by atomic mass is 32.2. The van der Waals surface area contributed by atoms with Crippen LogP contribution in [0.2, 0.25) is 0 Å². The van der Waals surface area contributed by atoms with E-state index in [1.54, 1.807) is 7.05 Å². The first-order valence-electron chi connectivity index (χ1n) is 9.17. The molecule has 148 valence electrons. The number of rotatable bonds is 9. The molecule has 0 unspecified atom stereocenters. The molecule has 0 radical (unpaired) electrons. The number of hydrazine groups is 1. The molecular weight excluding hydrogens is 360 g/mol. The van der Waals surface area contributed by atoms with E-state index in [-0.39, 0.29) is 0 Å². The predicted octanol–water partition coefficient (Wildman–Crippen LogP) is 2.73. The van der Waals surface area contributed by atoms with Gasteiger partial charge in [-0.05, 0) is 37.0 Å². The highest BCUT2D eigenvalue weighted by Gasteiger charge is 2.09. The average Bonchev–Trinajstić information content (AvgIpc) is 3.08. The molecule has 27 heavy (non-hydrogen) atoms. The Balaban J connectivity index is 1.90. The molecule has 2 aromatic rings. The molecule has 4 N–H and O–H groups in total. The van der Waals surface area contributed by atoms with Crippen molar-refractivity contribution in [2.45, 2.75) is 39.7 Å². The Bertz CT molecular complexity index is 744. The van der Waals surface area contributed by atoms with Gasteiger partial charge in [0.15, 0.2) is 5.17 Å². The number of nitrogens with two attached hydrogens (primary N) is 2. The monoisotopic (exact) mass is 390 g/mol. The molecule has 0 saturated carbocycles. The van der Waals surface area contributed by atoms with Crippen LogP contribution in [0.5, 0.6) is 5.75 Å². The molecule has 0 aliphatic rings. The van der Waals surface area contributed by atoms with E-state index in [1.807, 2.05) is 24.5 Å².